The molecule has 0 saturated carbocycles. The van der Waals surface area contributed by atoms with Crippen molar-refractivity contribution >= 4 is 17.5 Å². The van der Waals surface area contributed by atoms with Crippen LogP contribution in [-0.4, -0.2) is 37.1 Å². The molecule has 2 nitrogen and oxygen atoms in total. The molecule has 3 heteroatoms. The fourth-order valence-electron chi connectivity index (χ4n) is 0.672. The SMILES string of the molecule is CCOC(CCCl)=[N+](C)C. The van der Waals surface area contributed by atoms with Gasteiger partial charge in [-0.05, 0) is 6.92 Å². The van der Waals surface area contributed by atoms with Gasteiger partial charge >= 0.3 is 5.90 Å². The summed E-state index contributed by atoms with van der Waals surface area (Å²) in [6, 6.07) is 0. The molecule has 0 aromatic heterocycles. The van der Waals surface area contributed by atoms with E-state index in [-0.39, 0.29) is 0 Å². The Hall–Kier alpha value is -0.240. The Morgan fingerprint density at radius 3 is 2.40 bits per heavy atom. The molecule has 0 aromatic carbocycles. The van der Waals surface area contributed by atoms with E-state index in [4.69, 9.17) is 16.3 Å². The van der Waals surface area contributed by atoms with Crippen LogP contribution in [-0.2, 0) is 4.74 Å². The maximum absolute atomic E-state index is 5.55. The monoisotopic (exact) mass is 164 g/mol. The van der Waals surface area contributed by atoms with Crippen molar-refractivity contribution in [2.24, 2.45) is 0 Å². The first-order chi connectivity index (χ1) is 4.72. The minimum absolute atomic E-state index is 0.619. The normalized spacial score (nSPS) is 9.20. The van der Waals surface area contributed by atoms with E-state index >= 15 is 0 Å². The first kappa shape index (κ1) is 9.76. The van der Waals surface area contributed by atoms with Crippen molar-refractivity contribution in [2.75, 3.05) is 26.6 Å². The van der Waals surface area contributed by atoms with Crippen molar-refractivity contribution in [3.8, 4) is 0 Å². The van der Waals surface area contributed by atoms with Crippen LogP contribution < -0.4 is 0 Å². The highest BCUT2D eigenvalue weighted by Gasteiger charge is 2.06. The summed E-state index contributed by atoms with van der Waals surface area (Å²) in [6.07, 6.45) is 0.808. The third-order valence-corrected chi connectivity index (χ3v) is 1.31. The topological polar surface area (TPSA) is 12.2 Å². The van der Waals surface area contributed by atoms with Gasteiger partial charge in [0.2, 0.25) is 0 Å². The Labute approximate surface area is 67.5 Å². The van der Waals surface area contributed by atoms with Gasteiger partial charge in [0, 0.05) is 5.88 Å². The molecular formula is C7H15ClNO+. The number of ether oxygens (including phenoxy) is 1. The van der Waals surface area contributed by atoms with Gasteiger partial charge < -0.3 is 4.74 Å². The zero-order valence-corrected chi connectivity index (χ0v) is 7.61. The smallest absolute Gasteiger partial charge is 0.336 e. The lowest BCUT2D eigenvalue weighted by Crippen LogP contribution is -2.17. The fraction of sp³-hybridized carbons (Fsp3) is 0.857. The summed E-state index contributed by atoms with van der Waals surface area (Å²) >= 11 is 5.55. The highest BCUT2D eigenvalue weighted by Crippen LogP contribution is 1.90. The Morgan fingerprint density at radius 2 is 2.10 bits per heavy atom. The Kier molecular flexibility index (Phi) is 5.40. The number of rotatable bonds is 3. The molecule has 0 unspecified atom stereocenters. The molecule has 0 aliphatic carbocycles. The van der Waals surface area contributed by atoms with Crippen LogP contribution in [0.5, 0.6) is 0 Å². The number of hydrogen-bond acceptors (Lipinski definition) is 1. The molecule has 60 valence electrons. The molecule has 10 heavy (non-hydrogen) atoms. The van der Waals surface area contributed by atoms with Crippen molar-refractivity contribution in [1.82, 2.24) is 0 Å². The highest BCUT2D eigenvalue weighted by atomic mass is 35.5. The Morgan fingerprint density at radius 1 is 1.50 bits per heavy atom. The molecular weight excluding hydrogens is 150 g/mol. The summed E-state index contributed by atoms with van der Waals surface area (Å²) in [4.78, 5) is 0. The van der Waals surface area contributed by atoms with Crippen LogP contribution in [0.25, 0.3) is 0 Å². The summed E-state index contributed by atoms with van der Waals surface area (Å²) in [5, 5.41) is 0. The van der Waals surface area contributed by atoms with Crippen molar-refractivity contribution in [2.45, 2.75) is 13.3 Å². The van der Waals surface area contributed by atoms with Gasteiger partial charge in [0.25, 0.3) is 0 Å². The summed E-state index contributed by atoms with van der Waals surface area (Å²) in [6.45, 7) is 2.68. The van der Waals surface area contributed by atoms with Crippen LogP contribution in [0.2, 0.25) is 0 Å². The lowest BCUT2D eigenvalue weighted by Gasteiger charge is -2.01. The minimum atomic E-state index is 0.619. The Bertz CT molecular complexity index is 111. The molecule has 0 bridgehead atoms. The van der Waals surface area contributed by atoms with E-state index < -0.39 is 0 Å². The van der Waals surface area contributed by atoms with Crippen LogP contribution >= 0.6 is 11.6 Å². The van der Waals surface area contributed by atoms with E-state index in [0.717, 1.165) is 12.3 Å². The van der Waals surface area contributed by atoms with E-state index in [1.807, 2.05) is 25.6 Å². The molecule has 0 radical (unpaired) electrons. The van der Waals surface area contributed by atoms with Gasteiger partial charge in [0.15, 0.2) is 0 Å². The molecule has 0 spiro atoms. The second kappa shape index (κ2) is 5.54. The maximum Gasteiger partial charge on any atom is 0.336 e. The molecule has 0 fully saturated rings. The van der Waals surface area contributed by atoms with Crippen LogP contribution in [0.4, 0.5) is 0 Å². The average molecular weight is 165 g/mol. The predicted molar refractivity (Wildman–Crippen MR) is 44.1 cm³/mol. The molecule has 0 N–H and O–H groups in total. The fourth-order valence-corrected chi connectivity index (χ4v) is 0.834. The zero-order chi connectivity index (χ0) is 7.98. The summed E-state index contributed by atoms with van der Waals surface area (Å²) in [5.74, 6) is 1.57. The maximum atomic E-state index is 5.55. The van der Waals surface area contributed by atoms with Crippen LogP contribution in [0.15, 0.2) is 0 Å². The highest BCUT2D eigenvalue weighted by molar-refractivity contribution is 6.18. The lowest BCUT2D eigenvalue weighted by molar-refractivity contribution is -0.475. The van der Waals surface area contributed by atoms with Crippen LogP contribution in [0.1, 0.15) is 13.3 Å². The summed E-state index contributed by atoms with van der Waals surface area (Å²) in [7, 11) is 3.91. The first-order valence-corrected chi connectivity index (χ1v) is 3.97. The van der Waals surface area contributed by atoms with Crippen LogP contribution in [0.3, 0.4) is 0 Å². The van der Waals surface area contributed by atoms with Crippen molar-refractivity contribution in [3.63, 3.8) is 0 Å². The molecule has 0 rings (SSSR count). The Balaban J connectivity index is 3.86. The number of hydrogen-bond donors (Lipinski definition) is 0. The van der Waals surface area contributed by atoms with Gasteiger partial charge in [-0.3, -0.25) is 0 Å². The molecule has 0 atom stereocenters. The quantitative estimate of drug-likeness (QED) is 0.265. The van der Waals surface area contributed by atoms with E-state index in [2.05, 4.69) is 0 Å². The number of nitrogens with zero attached hydrogens (tertiary/aromatic N) is 1. The molecule has 0 saturated heterocycles. The zero-order valence-electron chi connectivity index (χ0n) is 6.85. The molecule has 0 amide bonds. The van der Waals surface area contributed by atoms with Crippen molar-refractivity contribution in [1.29, 1.82) is 0 Å². The largest absolute Gasteiger partial charge is 0.448 e. The van der Waals surface area contributed by atoms with Gasteiger partial charge in [-0.15, -0.1) is 11.6 Å². The van der Waals surface area contributed by atoms with Crippen molar-refractivity contribution in [3.05, 3.63) is 0 Å². The third-order valence-electron chi connectivity index (χ3n) is 1.12. The standard InChI is InChI=1S/C7H15ClNO/c1-4-10-7(5-6-8)9(2)3/h4-6H2,1-3H3/q+1. The van der Waals surface area contributed by atoms with Crippen molar-refractivity contribution < 1.29 is 9.31 Å². The van der Waals surface area contributed by atoms with Gasteiger partial charge in [-0.2, -0.15) is 0 Å². The second-order valence-electron chi connectivity index (χ2n) is 2.16. The summed E-state index contributed by atoms with van der Waals surface area (Å²) < 4.78 is 7.25. The van der Waals surface area contributed by atoms with Gasteiger partial charge in [0.1, 0.15) is 14.1 Å². The average Bonchev–Trinajstić information content (AvgIpc) is 1.87. The number of alkyl halides is 1. The van der Waals surface area contributed by atoms with E-state index in [1.54, 1.807) is 0 Å². The minimum Gasteiger partial charge on any atom is -0.448 e. The molecule has 0 heterocycles. The van der Waals surface area contributed by atoms with E-state index in [0.29, 0.717) is 12.5 Å². The lowest BCUT2D eigenvalue weighted by atomic mass is 10.5. The first-order valence-electron chi connectivity index (χ1n) is 3.44. The predicted octanol–water partition coefficient (Wildman–Crippen LogP) is 1.32. The number of halogens is 1. The van der Waals surface area contributed by atoms with E-state index in [9.17, 15) is 0 Å². The van der Waals surface area contributed by atoms with Gasteiger partial charge in [0.05, 0.1) is 13.0 Å². The second-order valence-corrected chi connectivity index (χ2v) is 2.54. The van der Waals surface area contributed by atoms with E-state index in [1.165, 1.54) is 0 Å². The molecule has 0 aliphatic rings. The van der Waals surface area contributed by atoms with Gasteiger partial charge in [-0.25, -0.2) is 4.58 Å². The van der Waals surface area contributed by atoms with Crippen LogP contribution in [0, 0.1) is 0 Å². The third kappa shape index (κ3) is 3.72. The summed E-state index contributed by atoms with van der Waals surface area (Å²) in [5.41, 5.74) is 0. The molecule has 0 aromatic rings. The van der Waals surface area contributed by atoms with Gasteiger partial charge in [-0.1, -0.05) is 0 Å². The molecule has 0 aliphatic heterocycles.